The second-order valence-electron chi connectivity index (χ2n) is 5.30. The second kappa shape index (κ2) is 5.62. The maximum atomic E-state index is 10.5. The molecule has 1 unspecified atom stereocenters. The van der Waals surface area contributed by atoms with Crippen molar-refractivity contribution in [1.29, 1.82) is 0 Å². The molecule has 1 N–H and O–H groups in total. The van der Waals surface area contributed by atoms with E-state index in [-0.39, 0.29) is 0 Å². The third kappa shape index (κ3) is 2.74. The average molecular weight is 345 g/mol. The summed E-state index contributed by atoms with van der Waals surface area (Å²) in [5, 5.41) is 10.5. The summed E-state index contributed by atoms with van der Waals surface area (Å²) in [5.41, 5.74) is 4.09. The van der Waals surface area contributed by atoms with E-state index in [9.17, 15) is 5.11 Å². The van der Waals surface area contributed by atoms with Crippen LogP contribution in [0.5, 0.6) is 0 Å². The molecule has 0 radical (unpaired) electrons. The lowest BCUT2D eigenvalue weighted by Gasteiger charge is -2.14. The minimum atomic E-state index is -0.548. The molecule has 3 nitrogen and oxygen atoms in total. The van der Waals surface area contributed by atoms with E-state index in [2.05, 4.69) is 20.9 Å². The number of aliphatic hydroxyl groups is 1. The Hall–Kier alpha value is -1.65. The van der Waals surface area contributed by atoms with Gasteiger partial charge in [0.05, 0.1) is 17.1 Å². The van der Waals surface area contributed by atoms with Gasteiger partial charge in [-0.1, -0.05) is 34.1 Å². The molecule has 3 aromatic rings. The lowest BCUT2D eigenvalue weighted by molar-refractivity contribution is 0.174. The first-order valence-electron chi connectivity index (χ1n) is 6.90. The van der Waals surface area contributed by atoms with Crippen molar-refractivity contribution in [3.05, 3.63) is 63.9 Å². The quantitative estimate of drug-likeness (QED) is 0.781. The van der Waals surface area contributed by atoms with Crippen molar-refractivity contribution < 1.29 is 5.11 Å². The minimum Gasteiger partial charge on any atom is -0.388 e. The number of halogens is 1. The van der Waals surface area contributed by atoms with Gasteiger partial charge in [-0.25, -0.2) is 4.98 Å². The Morgan fingerprint density at radius 2 is 2.00 bits per heavy atom. The van der Waals surface area contributed by atoms with Gasteiger partial charge in [0.2, 0.25) is 0 Å². The summed E-state index contributed by atoms with van der Waals surface area (Å²) in [7, 11) is 1.99. The highest BCUT2D eigenvalue weighted by Crippen LogP contribution is 2.25. The molecule has 0 saturated carbocycles. The van der Waals surface area contributed by atoms with Crippen LogP contribution in [0.2, 0.25) is 0 Å². The minimum absolute atomic E-state index is 0.508. The number of para-hydroxylation sites is 2. The SMILES string of the molecule is Cc1cc(Br)ccc1C(O)Cc1nc2ccccc2n1C. The Bertz CT molecular complexity index is 795. The van der Waals surface area contributed by atoms with Gasteiger partial charge >= 0.3 is 0 Å². The molecule has 1 aromatic heterocycles. The first-order valence-corrected chi connectivity index (χ1v) is 7.70. The number of imidazole rings is 1. The van der Waals surface area contributed by atoms with E-state index in [0.717, 1.165) is 32.5 Å². The molecule has 4 heteroatoms. The zero-order valence-electron chi connectivity index (χ0n) is 12.0. The van der Waals surface area contributed by atoms with Crippen molar-refractivity contribution in [3.8, 4) is 0 Å². The van der Waals surface area contributed by atoms with Gasteiger partial charge in [-0.3, -0.25) is 0 Å². The molecule has 2 aromatic carbocycles. The number of rotatable bonds is 3. The van der Waals surface area contributed by atoms with Gasteiger partial charge in [0.15, 0.2) is 0 Å². The molecule has 21 heavy (non-hydrogen) atoms. The summed E-state index contributed by atoms with van der Waals surface area (Å²) >= 11 is 3.45. The Balaban J connectivity index is 1.92. The van der Waals surface area contributed by atoms with E-state index in [0.29, 0.717) is 6.42 Å². The van der Waals surface area contributed by atoms with E-state index in [1.54, 1.807) is 0 Å². The highest BCUT2D eigenvalue weighted by atomic mass is 79.9. The van der Waals surface area contributed by atoms with Crippen LogP contribution in [0.25, 0.3) is 11.0 Å². The van der Waals surface area contributed by atoms with Crippen molar-refractivity contribution in [2.45, 2.75) is 19.4 Å². The number of fused-ring (bicyclic) bond motifs is 1. The van der Waals surface area contributed by atoms with Crippen LogP contribution < -0.4 is 0 Å². The number of benzene rings is 2. The molecular weight excluding hydrogens is 328 g/mol. The fraction of sp³-hybridized carbons (Fsp3) is 0.235. The molecule has 0 bridgehead atoms. The van der Waals surface area contributed by atoms with Crippen molar-refractivity contribution in [2.75, 3.05) is 0 Å². The number of nitrogens with zero attached hydrogens (tertiary/aromatic N) is 2. The Kier molecular flexibility index (Phi) is 3.83. The summed E-state index contributed by atoms with van der Waals surface area (Å²) in [6.45, 7) is 2.01. The summed E-state index contributed by atoms with van der Waals surface area (Å²) in [6.07, 6.45) is -0.0400. The summed E-state index contributed by atoms with van der Waals surface area (Å²) in [6, 6.07) is 14.0. The van der Waals surface area contributed by atoms with Gasteiger partial charge in [0.25, 0.3) is 0 Å². The normalized spacial score (nSPS) is 12.8. The largest absolute Gasteiger partial charge is 0.388 e. The predicted octanol–water partition coefficient (Wildman–Crippen LogP) is 3.92. The smallest absolute Gasteiger partial charge is 0.112 e. The fourth-order valence-electron chi connectivity index (χ4n) is 2.67. The maximum absolute atomic E-state index is 10.5. The van der Waals surface area contributed by atoms with Gasteiger partial charge in [-0.05, 0) is 42.3 Å². The van der Waals surface area contributed by atoms with Crippen LogP contribution >= 0.6 is 15.9 Å². The molecule has 3 rings (SSSR count). The van der Waals surface area contributed by atoms with Crippen LogP contribution in [0, 0.1) is 6.92 Å². The second-order valence-corrected chi connectivity index (χ2v) is 6.21. The first-order chi connectivity index (χ1) is 10.1. The molecule has 0 amide bonds. The van der Waals surface area contributed by atoms with E-state index in [1.165, 1.54) is 0 Å². The van der Waals surface area contributed by atoms with Crippen LogP contribution in [0.3, 0.4) is 0 Å². The molecule has 0 aliphatic carbocycles. The Labute approximate surface area is 132 Å². The Morgan fingerprint density at radius 1 is 1.24 bits per heavy atom. The van der Waals surface area contributed by atoms with Crippen LogP contribution in [0.1, 0.15) is 23.1 Å². The third-order valence-electron chi connectivity index (χ3n) is 3.85. The molecule has 1 atom stereocenters. The third-order valence-corrected chi connectivity index (χ3v) is 4.34. The number of hydrogen-bond donors (Lipinski definition) is 1. The van der Waals surface area contributed by atoms with Crippen molar-refractivity contribution in [3.63, 3.8) is 0 Å². The molecule has 0 aliphatic heterocycles. The van der Waals surface area contributed by atoms with Crippen LogP contribution in [0.4, 0.5) is 0 Å². The zero-order valence-corrected chi connectivity index (χ0v) is 13.6. The average Bonchev–Trinajstić information content (AvgIpc) is 2.76. The standard InChI is InChI=1S/C17H17BrN2O/c1-11-9-12(18)7-8-13(11)16(21)10-17-19-14-5-3-4-6-15(14)20(17)2/h3-9,16,21H,10H2,1-2H3. The lowest BCUT2D eigenvalue weighted by Crippen LogP contribution is -2.08. The lowest BCUT2D eigenvalue weighted by atomic mass is 10.0. The number of aromatic nitrogens is 2. The van der Waals surface area contributed by atoms with E-state index >= 15 is 0 Å². The molecule has 0 fully saturated rings. The highest BCUT2D eigenvalue weighted by molar-refractivity contribution is 9.10. The van der Waals surface area contributed by atoms with Crippen molar-refractivity contribution in [1.82, 2.24) is 9.55 Å². The Morgan fingerprint density at radius 3 is 2.71 bits per heavy atom. The van der Waals surface area contributed by atoms with Gasteiger partial charge in [0.1, 0.15) is 5.82 Å². The van der Waals surface area contributed by atoms with Gasteiger partial charge in [-0.2, -0.15) is 0 Å². The van der Waals surface area contributed by atoms with Crippen LogP contribution in [-0.4, -0.2) is 14.7 Å². The topological polar surface area (TPSA) is 38.1 Å². The predicted molar refractivity (Wildman–Crippen MR) is 88.3 cm³/mol. The van der Waals surface area contributed by atoms with Gasteiger partial charge < -0.3 is 9.67 Å². The van der Waals surface area contributed by atoms with Crippen molar-refractivity contribution in [2.24, 2.45) is 7.05 Å². The molecule has 0 spiro atoms. The summed E-state index contributed by atoms with van der Waals surface area (Å²) in [4.78, 5) is 4.62. The monoisotopic (exact) mass is 344 g/mol. The van der Waals surface area contributed by atoms with Crippen LogP contribution in [-0.2, 0) is 13.5 Å². The van der Waals surface area contributed by atoms with Crippen LogP contribution in [0.15, 0.2) is 46.9 Å². The van der Waals surface area contributed by atoms with Crippen molar-refractivity contribution >= 4 is 27.0 Å². The van der Waals surface area contributed by atoms with Gasteiger partial charge in [-0.15, -0.1) is 0 Å². The van der Waals surface area contributed by atoms with E-state index in [1.807, 2.05) is 61.0 Å². The molecule has 1 heterocycles. The molecule has 0 saturated heterocycles. The molecule has 0 aliphatic rings. The number of aryl methyl sites for hydroxylation is 2. The summed E-state index contributed by atoms with van der Waals surface area (Å²) < 4.78 is 3.07. The molecular formula is C17H17BrN2O. The summed E-state index contributed by atoms with van der Waals surface area (Å²) in [5.74, 6) is 0.894. The van der Waals surface area contributed by atoms with E-state index in [4.69, 9.17) is 0 Å². The zero-order chi connectivity index (χ0) is 15.0. The maximum Gasteiger partial charge on any atom is 0.112 e. The first kappa shape index (κ1) is 14.3. The fourth-order valence-corrected chi connectivity index (χ4v) is 3.15. The number of hydrogen-bond acceptors (Lipinski definition) is 2. The number of aliphatic hydroxyl groups excluding tert-OH is 1. The van der Waals surface area contributed by atoms with E-state index < -0.39 is 6.10 Å². The van der Waals surface area contributed by atoms with Gasteiger partial charge in [0, 0.05) is 17.9 Å². The highest BCUT2D eigenvalue weighted by Gasteiger charge is 2.15. The molecule has 108 valence electrons.